The Morgan fingerprint density at radius 1 is 1.34 bits per heavy atom. The minimum Gasteiger partial charge on any atom is -0.703 e. The van der Waals surface area contributed by atoms with Crippen LogP contribution in [0.4, 0.5) is 11.4 Å². The SMILES string of the molecule is CN1C=CN(CCCNc2cc(Cl)c(Cl)cc2[N+](=O)[O-])C1.CS(=O)(=[OH+])O[O-].II. The molecule has 1 aromatic rings. The zero-order valence-corrected chi connectivity index (χ0v) is 22.0. The topological polar surface area (TPSA) is 132 Å². The standard InChI is InChI=1S/C13H16Cl2N4O2.CH4O4S.I2/c1-17-5-6-18(9-17)4-2-3-16-12-7-10(14)11(15)8-13(12)19(20)21;1-6(3,4)5-2;1-2/h5-8,16H,2-4,9H2,1H3;2H,1H3;. The first kappa shape index (κ1) is 28.7. The Morgan fingerprint density at radius 2 is 1.90 bits per heavy atom. The Hall–Kier alpha value is -0.330. The molecule has 1 heterocycles. The summed E-state index contributed by atoms with van der Waals surface area (Å²) in [5, 5.41) is 23.5. The van der Waals surface area contributed by atoms with Crippen molar-refractivity contribution in [1.29, 1.82) is 0 Å². The third kappa shape index (κ3) is 12.2. The molecule has 166 valence electrons. The van der Waals surface area contributed by atoms with Crippen LogP contribution in [0.2, 0.25) is 10.0 Å². The molecule has 0 aromatic heterocycles. The number of nitro groups is 1. The van der Waals surface area contributed by atoms with E-state index in [0.717, 1.165) is 25.9 Å². The molecule has 15 heteroatoms. The Balaban J connectivity index is 0.000000841. The van der Waals surface area contributed by atoms with Crippen molar-refractivity contribution in [3.63, 3.8) is 0 Å². The second kappa shape index (κ2) is 14.6. The molecule has 0 radical (unpaired) electrons. The summed E-state index contributed by atoms with van der Waals surface area (Å²) in [7, 11) is -1.46. The first-order chi connectivity index (χ1) is 13.5. The zero-order valence-electron chi connectivity index (χ0n) is 15.4. The summed E-state index contributed by atoms with van der Waals surface area (Å²) in [6.45, 7) is 2.36. The van der Waals surface area contributed by atoms with E-state index in [4.69, 9.17) is 32.7 Å². The monoisotopic (exact) mass is 696 g/mol. The number of anilines is 1. The molecule has 0 bridgehead atoms. The molecule has 0 saturated heterocycles. The summed E-state index contributed by atoms with van der Waals surface area (Å²) in [6, 6.07) is 2.76. The number of hydrogen-bond acceptors (Lipinski definition) is 8. The number of nitrogens with one attached hydrogen (secondary N) is 1. The average Bonchev–Trinajstić information content (AvgIpc) is 3.08. The summed E-state index contributed by atoms with van der Waals surface area (Å²) in [4.78, 5) is 14.8. The Morgan fingerprint density at radius 3 is 2.34 bits per heavy atom. The molecule has 1 aromatic carbocycles. The van der Waals surface area contributed by atoms with Gasteiger partial charge in [0.25, 0.3) is 5.69 Å². The van der Waals surface area contributed by atoms with Crippen molar-refractivity contribution >= 4 is 81.9 Å². The minimum atomic E-state index is -3.47. The number of nitrogens with zero attached hydrogens (tertiary/aromatic N) is 3. The van der Waals surface area contributed by atoms with E-state index in [2.05, 4.69) is 56.7 Å². The maximum absolute atomic E-state index is 11.0. The summed E-state index contributed by atoms with van der Waals surface area (Å²) in [6.07, 6.45) is 5.69. The van der Waals surface area contributed by atoms with Crippen molar-refractivity contribution in [2.24, 2.45) is 0 Å². The van der Waals surface area contributed by atoms with Crippen LogP contribution < -0.4 is 10.6 Å². The molecule has 0 fully saturated rings. The van der Waals surface area contributed by atoms with Crippen LogP contribution in [0.15, 0.2) is 24.5 Å². The van der Waals surface area contributed by atoms with Gasteiger partial charge in [-0.15, -0.1) is 0 Å². The fourth-order valence-corrected chi connectivity index (χ4v) is 2.39. The van der Waals surface area contributed by atoms with Crippen molar-refractivity contribution in [1.82, 2.24) is 9.80 Å². The smallest absolute Gasteiger partial charge is 0.393 e. The molecule has 2 rings (SSSR count). The Bertz CT molecular complexity index is 801. The van der Waals surface area contributed by atoms with E-state index in [9.17, 15) is 14.3 Å². The fourth-order valence-electron chi connectivity index (χ4n) is 2.07. The van der Waals surface area contributed by atoms with E-state index in [0.29, 0.717) is 17.3 Å². The van der Waals surface area contributed by atoms with Crippen LogP contribution in [-0.2, 0) is 14.5 Å². The molecule has 0 saturated carbocycles. The van der Waals surface area contributed by atoms with Crippen LogP contribution in [0, 0.1) is 10.1 Å². The highest BCUT2D eigenvalue weighted by atomic mass is 128. The lowest BCUT2D eigenvalue weighted by Gasteiger charge is -2.18. The molecular formula is C14H20Cl2I2N4O6S. The van der Waals surface area contributed by atoms with Gasteiger partial charge in [0.15, 0.2) is 0 Å². The van der Waals surface area contributed by atoms with Crippen LogP contribution in [-0.4, -0.2) is 56.2 Å². The van der Waals surface area contributed by atoms with E-state index in [1.54, 1.807) is 0 Å². The molecule has 2 N–H and O–H groups in total. The maximum Gasteiger partial charge on any atom is 0.393 e. The van der Waals surface area contributed by atoms with Crippen molar-refractivity contribution in [2.75, 3.05) is 38.4 Å². The van der Waals surface area contributed by atoms with E-state index in [-0.39, 0.29) is 10.7 Å². The zero-order chi connectivity index (χ0) is 22.6. The predicted molar refractivity (Wildman–Crippen MR) is 130 cm³/mol. The van der Waals surface area contributed by atoms with E-state index in [1.807, 2.05) is 19.4 Å². The van der Waals surface area contributed by atoms with E-state index in [1.165, 1.54) is 12.1 Å². The summed E-state index contributed by atoms with van der Waals surface area (Å²) in [5.74, 6) is 0. The maximum atomic E-state index is 11.0. The number of nitro benzene ring substituents is 1. The minimum absolute atomic E-state index is 0.0646. The van der Waals surface area contributed by atoms with Crippen LogP contribution in [0.3, 0.4) is 0 Å². The van der Waals surface area contributed by atoms with Crippen LogP contribution >= 0.6 is 60.4 Å². The number of hydrogen-bond donors (Lipinski definition) is 1. The van der Waals surface area contributed by atoms with Gasteiger partial charge in [-0.1, -0.05) is 23.2 Å². The van der Waals surface area contributed by atoms with E-state index < -0.39 is 15.0 Å². The van der Waals surface area contributed by atoms with Crippen LogP contribution in [0.25, 0.3) is 0 Å². The van der Waals surface area contributed by atoms with Crippen LogP contribution in [0.1, 0.15) is 6.42 Å². The first-order valence-corrected chi connectivity index (χ1v) is 16.6. The lowest BCUT2D eigenvalue weighted by Crippen LogP contribution is -2.24. The molecule has 1 aliphatic heterocycles. The molecule has 1 unspecified atom stereocenters. The first-order valence-electron chi connectivity index (χ1n) is 7.70. The quantitative estimate of drug-likeness (QED) is 0.114. The molecule has 1 aliphatic rings. The normalized spacial score (nSPS) is 14.3. The lowest BCUT2D eigenvalue weighted by molar-refractivity contribution is -0.634. The third-order valence-corrected chi connectivity index (χ3v) is 4.21. The molecule has 10 nitrogen and oxygen atoms in total. The number of rotatable bonds is 7. The van der Waals surface area contributed by atoms with Gasteiger partial charge < -0.3 is 20.4 Å². The highest BCUT2D eigenvalue weighted by Gasteiger charge is 2.16. The highest BCUT2D eigenvalue weighted by Crippen LogP contribution is 2.33. The lowest BCUT2D eigenvalue weighted by atomic mass is 10.2. The summed E-state index contributed by atoms with van der Waals surface area (Å²) in [5.41, 5.74) is 0.327. The number of halogens is 4. The summed E-state index contributed by atoms with van der Waals surface area (Å²) >= 11 is 16.0. The van der Waals surface area contributed by atoms with Gasteiger partial charge in [-0.2, -0.15) is 4.21 Å². The molecule has 0 amide bonds. The van der Waals surface area contributed by atoms with Gasteiger partial charge >= 0.3 is 10.1 Å². The largest absolute Gasteiger partial charge is 0.703 e. The molecule has 0 spiro atoms. The van der Waals surface area contributed by atoms with Gasteiger partial charge in [-0.25, -0.2) is 4.21 Å². The molecule has 0 aliphatic carbocycles. The van der Waals surface area contributed by atoms with Crippen molar-refractivity contribution in [3.05, 3.63) is 44.7 Å². The average molecular weight is 697 g/mol. The van der Waals surface area contributed by atoms with Gasteiger partial charge in [0, 0.05) is 75.8 Å². The highest BCUT2D eigenvalue weighted by molar-refractivity contribution is 15.0. The Kier molecular flexibility index (Phi) is 14.5. The van der Waals surface area contributed by atoms with Crippen molar-refractivity contribution in [2.45, 2.75) is 6.42 Å². The van der Waals surface area contributed by atoms with Gasteiger partial charge in [-0.3, -0.25) is 14.4 Å². The third-order valence-electron chi connectivity index (χ3n) is 3.24. The fraction of sp³-hybridized carbons (Fsp3) is 0.429. The van der Waals surface area contributed by atoms with Gasteiger partial charge in [0.05, 0.1) is 21.6 Å². The second-order valence-corrected chi connectivity index (χ2v) is 8.05. The molecule has 29 heavy (non-hydrogen) atoms. The predicted octanol–water partition coefficient (Wildman–Crippen LogP) is 3.55. The van der Waals surface area contributed by atoms with Gasteiger partial charge in [0.1, 0.15) is 11.9 Å². The van der Waals surface area contributed by atoms with Crippen molar-refractivity contribution < 1.29 is 22.9 Å². The number of benzene rings is 1. The molecule has 1 atom stereocenters. The van der Waals surface area contributed by atoms with Gasteiger partial charge in [0.2, 0.25) is 0 Å². The van der Waals surface area contributed by atoms with Gasteiger partial charge in [-0.05, 0) is 12.5 Å². The molecular weight excluding hydrogens is 677 g/mol. The Labute approximate surface area is 202 Å². The van der Waals surface area contributed by atoms with Crippen LogP contribution in [0.5, 0.6) is 0 Å². The second-order valence-electron chi connectivity index (χ2n) is 5.63. The van der Waals surface area contributed by atoms with Crippen molar-refractivity contribution in [3.8, 4) is 0 Å². The van der Waals surface area contributed by atoms with E-state index >= 15 is 0 Å². The summed E-state index contributed by atoms with van der Waals surface area (Å²) < 4.78 is 20.2.